The number of rotatable bonds is 4. The lowest BCUT2D eigenvalue weighted by atomic mass is 9.75. The van der Waals surface area contributed by atoms with E-state index >= 15 is 0 Å². The van der Waals surface area contributed by atoms with Gasteiger partial charge in [0, 0.05) is 12.4 Å². The third-order valence-corrected chi connectivity index (χ3v) is 5.53. The van der Waals surface area contributed by atoms with E-state index in [1.54, 1.807) is 6.08 Å². The molecule has 1 heterocycles. The minimum Gasteiger partial charge on any atom is -0.273 e. The molecule has 1 saturated carbocycles. The van der Waals surface area contributed by atoms with Crippen LogP contribution in [0.1, 0.15) is 27.2 Å². The molecular formula is C15H20N2O3S. The van der Waals surface area contributed by atoms with Gasteiger partial charge in [-0.2, -0.15) is 0 Å². The molecule has 1 aromatic rings. The van der Waals surface area contributed by atoms with Crippen LogP contribution in [0.5, 0.6) is 0 Å². The van der Waals surface area contributed by atoms with Gasteiger partial charge in [0.05, 0.1) is 5.41 Å². The van der Waals surface area contributed by atoms with Crippen LogP contribution < -0.4 is 4.72 Å². The molecule has 1 aliphatic carbocycles. The Bertz CT molecular complexity index is 662. The van der Waals surface area contributed by atoms with Gasteiger partial charge in [-0.15, -0.1) is 6.58 Å². The summed E-state index contributed by atoms with van der Waals surface area (Å²) in [6, 6.07) is 2.92. The highest BCUT2D eigenvalue weighted by atomic mass is 32.2. The Kier molecular flexibility index (Phi) is 3.70. The topological polar surface area (TPSA) is 76.1 Å². The Morgan fingerprint density at radius 2 is 2.19 bits per heavy atom. The smallest absolute Gasteiger partial charge is 0.265 e. The first-order valence-electron chi connectivity index (χ1n) is 6.75. The van der Waals surface area contributed by atoms with Crippen LogP contribution in [-0.4, -0.2) is 19.3 Å². The van der Waals surface area contributed by atoms with Crippen molar-refractivity contribution in [2.24, 2.45) is 16.7 Å². The van der Waals surface area contributed by atoms with E-state index in [1.807, 2.05) is 20.8 Å². The van der Waals surface area contributed by atoms with E-state index in [4.69, 9.17) is 0 Å². The van der Waals surface area contributed by atoms with Gasteiger partial charge in [-0.3, -0.25) is 9.78 Å². The van der Waals surface area contributed by atoms with Gasteiger partial charge in [-0.05, 0) is 29.9 Å². The van der Waals surface area contributed by atoms with Crippen LogP contribution in [0, 0.1) is 16.7 Å². The van der Waals surface area contributed by atoms with E-state index in [1.165, 1.54) is 24.5 Å². The maximum absolute atomic E-state index is 12.6. The molecule has 2 rings (SSSR count). The van der Waals surface area contributed by atoms with Crippen molar-refractivity contribution in [3.63, 3.8) is 0 Å². The first kappa shape index (κ1) is 15.7. The monoisotopic (exact) mass is 308 g/mol. The molecule has 0 bridgehead atoms. The lowest BCUT2D eigenvalue weighted by Gasteiger charge is -2.30. The number of hydrogen-bond donors (Lipinski definition) is 1. The minimum atomic E-state index is -3.89. The van der Waals surface area contributed by atoms with Gasteiger partial charge in [0.25, 0.3) is 10.0 Å². The molecule has 1 aliphatic rings. The van der Waals surface area contributed by atoms with Crippen LogP contribution in [0.3, 0.4) is 0 Å². The summed E-state index contributed by atoms with van der Waals surface area (Å²) in [5.74, 6) is -0.467. The van der Waals surface area contributed by atoms with Crippen molar-refractivity contribution in [3.05, 3.63) is 37.2 Å². The standard InChI is InChI=1S/C15H20N2O3S/c1-5-11-9-15(11,14(2,3)4)13(18)17-21(19,20)12-7-6-8-16-10-12/h5-8,10-11H,1,9H2,2-4H3,(H,17,18)/t11-,15-/m1/s1. The highest BCUT2D eigenvalue weighted by Crippen LogP contribution is 2.63. The summed E-state index contributed by atoms with van der Waals surface area (Å²) in [5.41, 5.74) is -1.07. The molecule has 2 atom stereocenters. The maximum atomic E-state index is 12.6. The molecule has 0 unspecified atom stereocenters. The van der Waals surface area contributed by atoms with Gasteiger partial charge in [0.1, 0.15) is 4.90 Å². The fourth-order valence-corrected chi connectivity index (χ4v) is 3.82. The molecule has 1 aromatic heterocycles. The third-order valence-electron chi connectivity index (χ3n) is 4.21. The van der Waals surface area contributed by atoms with E-state index in [0.29, 0.717) is 6.42 Å². The molecule has 6 heteroatoms. The molecule has 0 aliphatic heterocycles. The van der Waals surface area contributed by atoms with Gasteiger partial charge in [0.2, 0.25) is 5.91 Å². The minimum absolute atomic E-state index is 0.00148. The molecule has 0 spiro atoms. The number of amides is 1. The number of pyridine rings is 1. The van der Waals surface area contributed by atoms with Gasteiger partial charge < -0.3 is 0 Å². The third kappa shape index (κ3) is 2.60. The normalized spacial score (nSPS) is 25.2. The SMILES string of the molecule is C=C[C@@H]1C[C@@]1(C(=O)NS(=O)(=O)c1cccnc1)C(C)(C)C. The number of sulfonamides is 1. The summed E-state index contributed by atoms with van der Waals surface area (Å²) in [7, 11) is -3.89. The molecule has 5 nitrogen and oxygen atoms in total. The molecular weight excluding hydrogens is 288 g/mol. The zero-order valence-corrected chi connectivity index (χ0v) is 13.3. The van der Waals surface area contributed by atoms with Crippen molar-refractivity contribution < 1.29 is 13.2 Å². The molecule has 0 radical (unpaired) electrons. The second-order valence-corrected chi connectivity index (χ2v) is 8.07. The quantitative estimate of drug-likeness (QED) is 0.865. The van der Waals surface area contributed by atoms with Crippen molar-refractivity contribution in [2.45, 2.75) is 32.1 Å². The lowest BCUT2D eigenvalue weighted by Crippen LogP contribution is -2.43. The van der Waals surface area contributed by atoms with Crippen molar-refractivity contribution >= 4 is 15.9 Å². The van der Waals surface area contributed by atoms with Crippen LogP contribution in [-0.2, 0) is 14.8 Å². The Morgan fingerprint density at radius 1 is 1.52 bits per heavy atom. The number of carbonyl (C=O) groups is 1. The maximum Gasteiger partial charge on any atom is 0.265 e. The number of allylic oxidation sites excluding steroid dienone is 1. The predicted octanol–water partition coefficient (Wildman–Crippen LogP) is 2.12. The van der Waals surface area contributed by atoms with Crippen LogP contribution in [0.2, 0.25) is 0 Å². The number of carbonyl (C=O) groups excluding carboxylic acids is 1. The first-order chi connectivity index (χ1) is 9.65. The average molecular weight is 308 g/mol. The number of hydrogen-bond acceptors (Lipinski definition) is 4. The first-order valence-corrected chi connectivity index (χ1v) is 8.23. The van der Waals surface area contributed by atoms with Crippen molar-refractivity contribution in [1.29, 1.82) is 0 Å². The predicted molar refractivity (Wildman–Crippen MR) is 79.8 cm³/mol. The molecule has 0 aromatic carbocycles. The fraction of sp³-hybridized carbons (Fsp3) is 0.467. The highest BCUT2D eigenvalue weighted by molar-refractivity contribution is 7.90. The number of aromatic nitrogens is 1. The van der Waals surface area contributed by atoms with Crippen LogP contribution >= 0.6 is 0 Å². The summed E-state index contributed by atoms with van der Waals surface area (Å²) < 4.78 is 26.7. The Morgan fingerprint density at radius 3 is 2.62 bits per heavy atom. The van der Waals surface area contributed by atoms with Crippen LogP contribution in [0.4, 0.5) is 0 Å². The van der Waals surface area contributed by atoms with Gasteiger partial charge in [-0.25, -0.2) is 13.1 Å². The summed E-state index contributed by atoms with van der Waals surface area (Å²) in [5, 5.41) is 0. The molecule has 1 N–H and O–H groups in total. The molecule has 0 saturated heterocycles. The number of nitrogens with zero attached hydrogens (tertiary/aromatic N) is 1. The van der Waals surface area contributed by atoms with E-state index in [-0.39, 0.29) is 16.2 Å². The van der Waals surface area contributed by atoms with Gasteiger partial charge in [0.15, 0.2) is 0 Å². The summed E-state index contributed by atoms with van der Waals surface area (Å²) in [4.78, 5) is 16.3. The average Bonchev–Trinajstić information content (AvgIpc) is 3.15. The van der Waals surface area contributed by atoms with Crippen LogP contribution in [0.25, 0.3) is 0 Å². The molecule has 1 amide bonds. The zero-order chi connectivity index (χ0) is 15.9. The van der Waals surface area contributed by atoms with Crippen molar-refractivity contribution in [3.8, 4) is 0 Å². The summed E-state index contributed by atoms with van der Waals surface area (Å²) in [6.07, 6.45) is 5.04. The van der Waals surface area contributed by atoms with E-state index in [2.05, 4.69) is 16.3 Å². The second-order valence-electron chi connectivity index (χ2n) is 6.39. The zero-order valence-electron chi connectivity index (χ0n) is 12.5. The summed E-state index contributed by atoms with van der Waals surface area (Å²) in [6.45, 7) is 9.54. The molecule has 21 heavy (non-hydrogen) atoms. The van der Waals surface area contributed by atoms with Crippen LogP contribution in [0.15, 0.2) is 42.1 Å². The fourth-order valence-electron chi connectivity index (χ4n) is 2.81. The van der Waals surface area contributed by atoms with Crippen molar-refractivity contribution in [2.75, 3.05) is 0 Å². The Labute approximate surface area is 125 Å². The Hall–Kier alpha value is -1.69. The second kappa shape index (κ2) is 4.94. The van der Waals surface area contributed by atoms with Gasteiger partial charge >= 0.3 is 0 Å². The molecule has 114 valence electrons. The highest BCUT2D eigenvalue weighted by Gasteiger charge is 2.65. The largest absolute Gasteiger partial charge is 0.273 e. The lowest BCUT2D eigenvalue weighted by molar-refractivity contribution is -0.128. The molecule has 1 fully saturated rings. The van der Waals surface area contributed by atoms with Gasteiger partial charge in [-0.1, -0.05) is 26.8 Å². The van der Waals surface area contributed by atoms with E-state index < -0.39 is 21.3 Å². The Balaban J connectivity index is 2.28. The van der Waals surface area contributed by atoms with E-state index in [9.17, 15) is 13.2 Å². The summed E-state index contributed by atoms with van der Waals surface area (Å²) >= 11 is 0. The number of nitrogens with one attached hydrogen (secondary N) is 1. The van der Waals surface area contributed by atoms with Crippen molar-refractivity contribution in [1.82, 2.24) is 9.71 Å². The van der Waals surface area contributed by atoms with E-state index in [0.717, 1.165) is 0 Å².